The van der Waals surface area contributed by atoms with Crippen molar-refractivity contribution in [2.75, 3.05) is 33.4 Å². The molecule has 0 radical (unpaired) electrons. The van der Waals surface area contributed by atoms with E-state index in [2.05, 4.69) is 34.5 Å². The van der Waals surface area contributed by atoms with Crippen LogP contribution in [0, 0.1) is 0 Å². The molecule has 1 aromatic rings. The predicted molar refractivity (Wildman–Crippen MR) is 83.7 cm³/mol. The molecule has 2 aliphatic rings. The number of likely N-dealkylation sites (tertiary alicyclic amines) is 1. The monoisotopic (exact) mass is 290 g/mol. The van der Waals surface area contributed by atoms with E-state index >= 15 is 0 Å². The van der Waals surface area contributed by atoms with Gasteiger partial charge in [-0.2, -0.15) is 0 Å². The largest absolute Gasteiger partial charge is 0.492 e. The molecule has 1 aliphatic heterocycles. The first-order chi connectivity index (χ1) is 10.3. The Bertz CT molecular complexity index is 431. The number of benzene rings is 1. The summed E-state index contributed by atoms with van der Waals surface area (Å²) in [5, 5.41) is 3.52. The zero-order chi connectivity index (χ0) is 14.5. The summed E-state index contributed by atoms with van der Waals surface area (Å²) in [6, 6.07) is 9.22. The summed E-state index contributed by atoms with van der Waals surface area (Å²) in [6.07, 6.45) is 4.21. The molecule has 2 fully saturated rings. The van der Waals surface area contributed by atoms with E-state index in [9.17, 15) is 0 Å². The van der Waals surface area contributed by atoms with Gasteiger partial charge < -0.3 is 14.8 Å². The lowest BCUT2D eigenvalue weighted by Crippen LogP contribution is -2.27. The maximum absolute atomic E-state index is 5.83. The van der Waals surface area contributed by atoms with Gasteiger partial charge in [0.05, 0.1) is 6.10 Å². The molecular formula is C17H26N2O2. The maximum atomic E-state index is 5.83. The van der Waals surface area contributed by atoms with Gasteiger partial charge in [0, 0.05) is 39.3 Å². The quantitative estimate of drug-likeness (QED) is 0.794. The maximum Gasteiger partial charge on any atom is 0.119 e. The van der Waals surface area contributed by atoms with Gasteiger partial charge in [-0.15, -0.1) is 0 Å². The van der Waals surface area contributed by atoms with Crippen molar-refractivity contribution in [1.29, 1.82) is 0 Å². The van der Waals surface area contributed by atoms with Crippen LogP contribution in [0.15, 0.2) is 24.3 Å². The summed E-state index contributed by atoms with van der Waals surface area (Å²) < 4.78 is 11.2. The van der Waals surface area contributed by atoms with Crippen LogP contribution in [0.5, 0.6) is 5.75 Å². The topological polar surface area (TPSA) is 33.7 Å². The Labute approximate surface area is 127 Å². The lowest BCUT2D eigenvalue weighted by Gasteiger charge is -2.16. The van der Waals surface area contributed by atoms with Gasteiger partial charge in [-0.25, -0.2) is 0 Å². The van der Waals surface area contributed by atoms with Crippen LogP contribution in [0.2, 0.25) is 0 Å². The van der Waals surface area contributed by atoms with Crippen LogP contribution in [0.25, 0.3) is 0 Å². The molecule has 0 aromatic heterocycles. The zero-order valence-corrected chi connectivity index (χ0v) is 12.9. The molecule has 1 N–H and O–H groups in total. The number of nitrogens with zero attached hydrogens (tertiary/aromatic N) is 1. The van der Waals surface area contributed by atoms with E-state index < -0.39 is 0 Å². The van der Waals surface area contributed by atoms with Crippen molar-refractivity contribution in [3.63, 3.8) is 0 Å². The molecule has 4 nitrogen and oxygen atoms in total. The summed E-state index contributed by atoms with van der Waals surface area (Å²) in [7, 11) is 1.80. The Morgan fingerprint density at radius 1 is 1.19 bits per heavy atom. The minimum absolute atomic E-state index is 0.406. The van der Waals surface area contributed by atoms with Crippen molar-refractivity contribution in [2.45, 2.75) is 38.0 Å². The second kappa shape index (κ2) is 7.25. The van der Waals surface area contributed by atoms with E-state index in [0.29, 0.717) is 6.10 Å². The zero-order valence-electron chi connectivity index (χ0n) is 12.9. The van der Waals surface area contributed by atoms with E-state index in [1.807, 2.05) is 0 Å². The Kier molecular flexibility index (Phi) is 5.12. The van der Waals surface area contributed by atoms with E-state index in [4.69, 9.17) is 9.47 Å². The van der Waals surface area contributed by atoms with Crippen molar-refractivity contribution < 1.29 is 9.47 Å². The third kappa shape index (κ3) is 4.70. The fraction of sp³-hybridized carbons (Fsp3) is 0.647. The molecule has 4 heteroatoms. The number of rotatable bonds is 8. The minimum Gasteiger partial charge on any atom is -0.492 e. The first-order valence-electron chi connectivity index (χ1n) is 8.04. The van der Waals surface area contributed by atoms with Crippen LogP contribution < -0.4 is 10.1 Å². The van der Waals surface area contributed by atoms with Crippen LogP contribution in [0.4, 0.5) is 0 Å². The summed E-state index contributed by atoms with van der Waals surface area (Å²) in [6.45, 7) is 4.84. The molecule has 21 heavy (non-hydrogen) atoms. The number of hydrogen-bond acceptors (Lipinski definition) is 4. The summed E-state index contributed by atoms with van der Waals surface area (Å²) in [5.41, 5.74) is 1.33. The highest BCUT2D eigenvalue weighted by Gasteiger charge is 2.21. The van der Waals surface area contributed by atoms with Crippen molar-refractivity contribution in [2.24, 2.45) is 0 Å². The van der Waals surface area contributed by atoms with Crippen molar-refractivity contribution in [1.82, 2.24) is 10.2 Å². The fourth-order valence-corrected chi connectivity index (χ4v) is 2.74. The highest BCUT2D eigenvalue weighted by molar-refractivity contribution is 5.27. The second-order valence-electron chi connectivity index (χ2n) is 6.09. The van der Waals surface area contributed by atoms with Gasteiger partial charge in [-0.05, 0) is 37.0 Å². The summed E-state index contributed by atoms with van der Waals surface area (Å²) in [5.74, 6) is 0.965. The van der Waals surface area contributed by atoms with E-state index in [0.717, 1.165) is 51.0 Å². The van der Waals surface area contributed by atoms with Gasteiger partial charge in [0.25, 0.3) is 0 Å². The van der Waals surface area contributed by atoms with Crippen LogP contribution in [-0.4, -0.2) is 50.4 Å². The van der Waals surface area contributed by atoms with Gasteiger partial charge in [-0.1, -0.05) is 12.1 Å². The molecule has 3 rings (SSSR count). The average Bonchev–Trinajstić information content (AvgIpc) is 3.24. The standard InChI is InChI=1S/C17H26N2O2/c1-20-17-8-9-19(13-17)10-11-21-16-6-2-14(3-7-16)12-18-15-4-5-15/h2-3,6-7,15,17-18H,4-5,8-13H2,1H3. The third-order valence-electron chi connectivity index (χ3n) is 4.33. The number of nitrogens with one attached hydrogen (secondary N) is 1. The Morgan fingerprint density at radius 2 is 2.00 bits per heavy atom. The first kappa shape index (κ1) is 14.8. The van der Waals surface area contributed by atoms with E-state index in [1.165, 1.54) is 18.4 Å². The van der Waals surface area contributed by atoms with Gasteiger partial charge in [-0.3, -0.25) is 4.90 Å². The molecular weight excluding hydrogens is 264 g/mol. The Balaban J connectivity index is 1.35. The van der Waals surface area contributed by atoms with Crippen LogP contribution in [0.1, 0.15) is 24.8 Å². The SMILES string of the molecule is COC1CCN(CCOc2ccc(CNC3CC3)cc2)C1. The van der Waals surface area contributed by atoms with Crippen molar-refractivity contribution >= 4 is 0 Å². The van der Waals surface area contributed by atoms with Gasteiger partial charge in [0.1, 0.15) is 12.4 Å². The van der Waals surface area contributed by atoms with Crippen LogP contribution >= 0.6 is 0 Å². The molecule has 0 spiro atoms. The predicted octanol–water partition coefficient (Wildman–Crippen LogP) is 2.04. The highest BCUT2D eigenvalue weighted by Crippen LogP contribution is 2.20. The van der Waals surface area contributed by atoms with Gasteiger partial charge >= 0.3 is 0 Å². The fourth-order valence-electron chi connectivity index (χ4n) is 2.74. The molecule has 0 amide bonds. The molecule has 1 saturated carbocycles. The third-order valence-corrected chi connectivity index (χ3v) is 4.33. The lowest BCUT2D eigenvalue weighted by atomic mass is 10.2. The highest BCUT2D eigenvalue weighted by atomic mass is 16.5. The normalized spacial score (nSPS) is 22.6. The molecule has 1 atom stereocenters. The number of methoxy groups -OCH3 is 1. The summed E-state index contributed by atoms with van der Waals surface area (Å²) in [4.78, 5) is 2.40. The minimum atomic E-state index is 0.406. The van der Waals surface area contributed by atoms with Crippen LogP contribution in [-0.2, 0) is 11.3 Å². The van der Waals surface area contributed by atoms with Crippen LogP contribution in [0.3, 0.4) is 0 Å². The van der Waals surface area contributed by atoms with Crippen molar-refractivity contribution in [3.8, 4) is 5.75 Å². The second-order valence-corrected chi connectivity index (χ2v) is 6.09. The van der Waals surface area contributed by atoms with Gasteiger partial charge in [0.15, 0.2) is 0 Å². The molecule has 1 aromatic carbocycles. The van der Waals surface area contributed by atoms with Gasteiger partial charge in [0.2, 0.25) is 0 Å². The van der Waals surface area contributed by atoms with E-state index in [-0.39, 0.29) is 0 Å². The smallest absolute Gasteiger partial charge is 0.119 e. The lowest BCUT2D eigenvalue weighted by molar-refractivity contribution is 0.106. The van der Waals surface area contributed by atoms with E-state index in [1.54, 1.807) is 7.11 Å². The Hall–Kier alpha value is -1.10. The molecule has 1 heterocycles. The number of ether oxygens (including phenoxy) is 2. The first-order valence-corrected chi connectivity index (χ1v) is 8.04. The molecule has 0 bridgehead atoms. The Morgan fingerprint density at radius 3 is 2.67 bits per heavy atom. The summed E-state index contributed by atoms with van der Waals surface area (Å²) >= 11 is 0. The molecule has 1 unspecified atom stereocenters. The number of hydrogen-bond donors (Lipinski definition) is 1. The molecule has 1 aliphatic carbocycles. The van der Waals surface area contributed by atoms with Crippen molar-refractivity contribution in [3.05, 3.63) is 29.8 Å². The average molecular weight is 290 g/mol. The molecule has 116 valence electrons. The molecule has 1 saturated heterocycles.